The molecule has 0 bridgehead atoms. The predicted octanol–water partition coefficient (Wildman–Crippen LogP) is 4.12. The van der Waals surface area contributed by atoms with Crippen LogP contribution < -0.4 is 10.6 Å². The Morgan fingerprint density at radius 2 is 1.46 bits per heavy atom. The molecule has 5 nitrogen and oxygen atoms in total. The van der Waals surface area contributed by atoms with E-state index < -0.39 is 17.5 Å². The van der Waals surface area contributed by atoms with E-state index in [4.69, 9.17) is 0 Å². The third kappa shape index (κ3) is 3.93. The molecule has 3 N–H and O–H groups in total. The van der Waals surface area contributed by atoms with Crippen LogP contribution in [-0.2, 0) is 4.79 Å². The first-order valence-corrected chi connectivity index (χ1v) is 7.99. The van der Waals surface area contributed by atoms with Gasteiger partial charge in [0.15, 0.2) is 0 Å². The molecule has 0 saturated carbocycles. The Balaban J connectivity index is 2.06. The van der Waals surface area contributed by atoms with E-state index in [2.05, 4.69) is 10.6 Å². The summed E-state index contributed by atoms with van der Waals surface area (Å²) in [5.41, 5.74) is 1.51. The highest BCUT2D eigenvalue weighted by molar-refractivity contribution is 5.94. The third-order valence-corrected chi connectivity index (χ3v) is 4.22. The zero-order chi connectivity index (χ0) is 17.6. The number of carboxylic acid groups (broad SMARTS) is 1. The standard InChI is InChI=1S/C19H22N2O3/c1-3-19(4-2,17(22)23)21-18(24)20-16-12-10-15(11-13-16)14-8-6-5-7-9-14/h5-13H,3-4H2,1-2H3,(H,22,23)(H2,20,21,24). The molecule has 0 heterocycles. The number of urea groups is 1. The van der Waals surface area contributed by atoms with Crippen LogP contribution in [0.5, 0.6) is 0 Å². The maximum absolute atomic E-state index is 12.1. The highest BCUT2D eigenvalue weighted by Gasteiger charge is 2.36. The number of aliphatic carboxylic acids is 1. The Labute approximate surface area is 141 Å². The number of hydrogen-bond donors (Lipinski definition) is 3. The van der Waals surface area contributed by atoms with Gasteiger partial charge in [-0.05, 0) is 36.1 Å². The van der Waals surface area contributed by atoms with Crippen LogP contribution in [0.15, 0.2) is 54.6 Å². The predicted molar refractivity (Wildman–Crippen MR) is 95.0 cm³/mol. The van der Waals surface area contributed by atoms with Gasteiger partial charge in [0.05, 0.1) is 0 Å². The number of anilines is 1. The maximum Gasteiger partial charge on any atom is 0.329 e. The maximum atomic E-state index is 12.1. The van der Waals surface area contributed by atoms with Crippen LogP contribution in [0, 0.1) is 0 Å². The molecule has 0 unspecified atom stereocenters. The van der Waals surface area contributed by atoms with Crippen LogP contribution in [0.25, 0.3) is 11.1 Å². The summed E-state index contributed by atoms with van der Waals surface area (Å²) in [4.78, 5) is 23.6. The van der Waals surface area contributed by atoms with Crippen molar-refractivity contribution in [1.82, 2.24) is 5.32 Å². The Morgan fingerprint density at radius 1 is 0.917 bits per heavy atom. The van der Waals surface area contributed by atoms with Crippen LogP contribution in [0.3, 0.4) is 0 Å². The van der Waals surface area contributed by atoms with Gasteiger partial charge in [0.2, 0.25) is 0 Å². The van der Waals surface area contributed by atoms with E-state index in [-0.39, 0.29) is 0 Å². The van der Waals surface area contributed by atoms with Crippen molar-refractivity contribution in [1.29, 1.82) is 0 Å². The molecule has 126 valence electrons. The normalized spacial score (nSPS) is 10.9. The van der Waals surface area contributed by atoms with Gasteiger partial charge in [-0.15, -0.1) is 0 Å². The second kappa shape index (κ2) is 7.64. The van der Waals surface area contributed by atoms with E-state index >= 15 is 0 Å². The molecule has 0 spiro atoms. The van der Waals surface area contributed by atoms with Crippen molar-refractivity contribution in [3.8, 4) is 11.1 Å². The first-order valence-electron chi connectivity index (χ1n) is 7.99. The van der Waals surface area contributed by atoms with Crippen LogP contribution in [0.2, 0.25) is 0 Å². The van der Waals surface area contributed by atoms with Gasteiger partial charge in [-0.2, -0.15) is 0 Å². The summed E-state index contributed by atoms with van der Waals surface area (Å²) in [5.74, 6) is -1.03. The number of carboxylic acids is 1. The molecule has 0 saturated heterocycles. The Bertz CT molecular complexity index is 692. The molecule has 0 fully saturated rings. The first-order chi connectivity index (χ1) is 11.5. The van der Waals surface area contributed by atoms with Gasteiger partial charge < -0.3 is 15.7 Å². The molecule has 0 atom stereocenters. The van der Waals surface area contributed by atoms with E-state index in [9.17, 15) is 14.7 Å². The lowest BCUT2D eigenvalue weighted by molar-refractivity contribution is -0.144. The molecule has 24 heavy (non-hydrogen) atoms. The van der Waals surface area contributed by atoms with Crippen molar-refractivity contribution in [2.45, 2.75) is 32.2 Å². The minimum Gasteiger partial charge on any atom is -0.480 e. The number of carbonyl (C=O) groups excluding carboxylic acids is 1. The topological polar surface area (TPSA) is 78.4 Å². The van der Waals surface area contributed by atoms with Gasteiger partial charge >= 0.3 is 12.0 Å². The van der Waals surface area contributed by atoms with Crippen molar-refractivity contribution in [2.75, 3.05) is 5.32 Å². The van der Waals surface area contributed by atoms with Crippen molar-refractivity contribution in [3.05, 3.63) is 54.6 Å². The van der Waals surface area contributed by atoms with Gasteiger partial charge in [0, 0.05) is 5.69 Å². The largest absolute Gasteiger partial charge is 0.480 e. The minimum absolute atomic E-state index is 0.319. The molecule has 2 amide bonds. The monoisotopic (exact) mass is 326 g/mol. The van der Waals surface area contributed by atoms with Gasteiger partial charge in [-0.3, -0.25) is 0 Å². The number of amides is 2. The minimum atomic E-state index is -1.24. The molecule has 0 aromatic heterocycles. The zero-order valence-corrected chi connectivity index (χ0v) is 13.9. The summed E-state index contributed by atoms with van der Waals surface area (Å²) in [7, 11) is 0. The zero-order valence-electron chi connectivity index (χ0n) is 13.9. The average Bonchev–Trinajstić information content (AvgIpc) is 2.61. The second-order valence-corrected chi connectivity index (χ2v) is 5.62. The smallest absolute Gasteiger partial charge is 0.329 e. The van der Waals surface area contributed by atoms with E-state index in [0.717, 1.165) is 11.1 Å². The SMILES string of the molecule is CCC(CC)(NC(=O)Nc1ccc(-c2ccccc2)cc1)C(=O)O. The molecule has 2 rings (SSSR count). The van der Waals surface area contributed by atoms with Crippen molar-refractivity contribution >= 4 is 17.7 Å². The molecule has 0 radical (unpaired) electrons. The van der Waals surface area contributed by atoms with E-state index in [1.54, 1.807) is 26.0 Å². The molecular formula is C19H22N2O3. The fourth-order valence-corrected chi connectivity index (χ4v) is 2.54. The lowest BCUT2D eigenvalue weighted by Crippen LogP contribution is -2.54. The fourth-order valence-electron chi connectivity index (χ4n) is 2.54. The van der Waals surface area contributed by atoms with E-state index in [0.29, 0.717) is 18.5 Å². The number of hydrogen-bond acceptors (Lipinski definition) is 2. The quantitative estimate of drug-likeness (QED) is 0.747. The first kappa shape index (κ1) is 17.5. The summed E-state index contributed by atoms with van der Waals surface area (Å²) >= 11 is 0. The van der Waals surface area contributed by atoms with Crippen molar-refractivity contribution in [3.63, 3.8) is 0 Å². The van der Waals surface area contributed by atoms with Crippen LogP contribution in [0.4, 0.5) is 10.5 Å². The summed E-state index contributed by atoms with van der Waals surface area (Å²) < 4.78 is 0. The van der Waals surface area contributed by atoms with Crippen molar-refractivity contribution in [2.24, 2.45) is 0 Å². The number of carbonyl (C=O) groups is 2. The number of nitrogens with one attached hydrogen (secondary N) is 2. The van der Waals surface area contributed by atoms with Gasteiger partial charge in [-0.25, -0.2) is 9.59 Å². The highest BCUT2D eigenvalue weighted by atomic mass is 16.4. The van der Waals surface area contributed by atoms with Crippen molar-refractivity contribution < 1.29 is 14.7 Å². The molecule has 0 aliphatic heterocycles. The lowest BCUT2D eigenvalue weighted by atomic mass is 9.93. The van der Waals surface area contributed by atoms with Crippen LogP contribution in [-0.4, -0.2) is 22.6 Å². The lowest BCUT2D eigenvalue weighted by Gasteiger charge is -2.28. The molecular weight excluding hydrogens is 304 g/mol. The summed E-state index contributed by atoms with van der Waals surface area (Å²) in [6.45, 7) is 3.49. The molecule has 0 aliphatic carbocycles. The molecule has 2 aromatic carbocycles. The van der Waals surface area contributed by atoms with Crippen LogP contribution >= 0.6 is 0 Å². The summed E-state index contributed by atoms with van der Waals surface area (Å²) in [6, 6.07) is 16.8. The summed E-state index contributed by atoms with van der Waals surface area (Å²) in [5, 5.41) is 14.6. The number of rotatable bonds is 6. The summed E-state index contributed by atoms with van der Waals surface area (Å²) in [6.07, 6.45) is 0.637. The van der Waals surface area contributed by atoms with E-state index in [1.807, 2.05) is 42.5 Å². The van der Waals surface area contributed by atoms with E-state index in [1.165, 1.54) is 0 Å². The molecule has 2 aromatic rings. The Morgan fingerprint density at radius 3 is 1.96 bits per heavy atom. The van der Waals surface area contributed by atoms with Gasteiger partial charge in [0.1, 0.15) is 5.54 Å². The highest BCUT2D eigenvalue weighted by Crippen LogP contribution is 2.21. The fraction of sp³-hybridized carbons (Fsp3) is 0.263. The molecule has 0 aliphatic rings. The average molecular weight is 326 g/mol. The van der Waals surface area contributed by atoms with Gasteiger partial charge in [-0.1, -0.05) is 56.3 Å². The van der Waals surface area contributed by atoms with Crippen LogP contribution in [0.1, 0.15) is 26.7 Å². The Hall–Kier alpha value is -2.82. The number of benzene rings is 2. The third-order valence-electron chi connectivity index (χ3n) is 4.22. The second-order valence-electron chi connectivity index (χ2n) is 5.62. The Kier molecular flexibility index (Phi) is 5.58. The van der Waals surface area contributed by atoms with Gasteiger partial charge in [0.25, 0.3) is 0 Å². The molecule has 5 heteroatoms.